The maximum Gasteiger partial charge on any atom is 0.255 e. The van der Waals surface area contributed by atoms with Crippen LogP contribution in [0.4, 0.5) is 5.69 Å². The highest BCUT2D eigenvalue weighted by Gasteiger charge is 2.22. The van der Waals surface area contributed by atoms with Gasteiger partial charge in [-0.2, -0.15) is 4.31 Å². The molecule has 32 heavy (non-hydrogen) atoms. The van der Waals surface area contributed by atoms with Crippen molar-refractivity contribution in [2.45, 2.75) is 17.9 Å². The van der Waals surface area contributed by atoms with Gasteiger partial charge in [0.25, 0.3) is 5.91 Å². The molecule has 166 valence electrons. The number of hydrogen-bond donors (Lipinski definition) is 1. The molecule has 0 unspecified atom stereocenters. The predicted octanol–water partition coefficient (Wildman–Crippen LogP) is 3.92. The van der Waals surface area contributed by atoms with Crippen LogP contribution in [0, 0.1) is 0 Å². The van der Waals surface area contributed by atoms with Crippen molar-refractivity contribution in [1.82, 2.24) is 4.31 Å². The van der Waals surface area contributed by atoms with E-state index >= 15 is 0 Å². The minimum Gasteiger partial charge on any atom is -0.490 e. The molecule has 0 fully saturated rings. The highest BCUT2D eigenvalue weighted by Crippen LogP contribution is 2.32. The molecule has 4 rings (SSSR count). The van der Waals surface area contributed by atoms with Crippen LogP contribution in [-0.4, -0.2) is 38.9 Å². The number of nitrogens with one attached hydrogen (secondary N) is 1. The van der Waals surface area contributed by atoms with Crippen LogP contribution in [0.1, 0.15) is 22.3 Å². The van der Waals surface area contributed by atoms with Gasteiger partial charge in [0, 0.05) is 37.3 Å². The molecule has 0 saturated heterocycles. The second-order valence-electron chi connectivity index (χ2n) is 7.44. The summed E-state index contributed by atoms with van der Waals surface area (Å²) < 4.78 is 38.6. The van der Waals surface area contributed by atoms with E-state index < -0.39 is 15.9 Å². The van der Waals surface area contributed by atoms with E-state index in [1.54, 1.807) is 30.3 Å². The van der Waals surface area contributed by atoms with Gasteiger partial charge in [0.2, 0.25) is 10.0 Å². The number of nitrogens with zero attached hydrogens (tertiary/aromatic N) is 1. The Bertz CT molecular complexity index is 1210. The molecule has 1 heterocycles. The Hall–Kier alpha value is -3.36. The molecule has 8 heteroatoms. The van der Waals surface area contributed by atoms with Crippen LogP contribution in [0.15, 0.2) is 77.7 Å². The zero-order chi connectivity index (χ0) is 22.6. The summed E-state index contributed by atoms with van der Waals surface area (Å²) in [6.07, 6.45) is 0.788. The molecule has 0 spiro atoms. The smallest absolute Gasteiger partial charge is 0.255 e. The van der Waals surface area contributed by atoms with Gasteiger partial charge in [-0.3, -0.25) is 4.79 Å². The minimum absolute atomic E-state index is 0.0576. The number of hydrogen-bond acceptors (Lipinski definition) is 5. The Balaban J connectivity index is 1.51. The van der Waals surface area contributed by atoms with E-state index in [9.17, 15) is 13.2 Å². The van der Waals surface area contributed by atoms with Crippen molar-refractivity contribution in [3.8, 4) is 11.5 Å². The molecular formula is C24H24N2O5S. The van der Waals surface area contributed by atoms with Crippen molar-refractivity contribution in [3.05, 3.63) is 83.9 Å². The lowest BCUT2D eigenvalue weighted by Gasteiger charge is -2.18. The molecule has 1 aliphatic rings. The first-order valence-electron chi connectivity index (χ1n) is 10.2. The number of sulfonamides is 1. The summed E-state index contributed by atoms with van der Waals surface area (Å²) in [6.45, 7) is 1.36. The van der Waals surface area contributed by atoms with Crippen LogP contribution in [0.5, 0.6) is 11.5 Å². The number of ether oxygens (including phenoxy) is 2. The SMILES string of the molecule is CN(Cc1ccccc1)S(=O)(=O)c1cccc(C(=O)Nc2ccc3c(c2)OCCCO3)c1. The Morgan fingerprint density at radius 3 is 2.47 bits per heavy atom. The normalized spacial score (nSPS) is 13.4. The van der Waals surface area contributed by atoms with Crippen LogP contribution in [0.3, 0.4) is 0 Å². The fourth-order valence-electron chi connectivity index (χ4n) is 3.35. The Morgan fingerprint density at radius 1 is 0.938 bits per heavy atom. The van der Waals surface area contributed by atoms with Gasteiger partial charge in [0.05, 0.1) is 18.1 Å². The molecule has 1 N–H and O–H groups in total. The molecule has 3 aromatic rings. The molecule has 0 aromatic heterocycles. The Morgan fingerprint density at radius 2 is 1.69 bits per heavy atom. The molecule has 1 aliphatic heterocycles. The van der Waals surface area contributed by atoms with Gasteiger partial charge in [-0.05, 0) is 35.9 Å². The third-order valence-electron chi connectivity index (χ3n) is 5.06. The lowest BCUT2D eigenvalue weighted by molar-refractivity contribution is 0.102. The van der Waals surface area contributed by atoms with Gasteiger partial charge in [0.1, 0.15) is 0 Å². The van der Waals surface area contributed by atoms with Gasteiger partial charge < -0.3 is 14.8 Å². The van der Waals surface area contributed by atoms with Gasteiger partial charge >= 0.3 is 0 Å². The molecule has 0 aliphatic carbocycles. The van der Waals surface area contributed by atoms with E-state index in [-0.39, 0.29) is 17.0 Å². The highest BCUT2D eigenvalue weighted by molar-refractivity contribution is 7.89. The first kappa shape index (κ1) is 21.9. The van der Waals surface area contributed by atoms with Gasteiger partial charge in [-0.15, -0.1) is 0 Å². The quantitative estimate of drug-likeness (QED) is 0.613. The average Bonchev–Trinajstić information content (AvgIpc) is 3.05. The van der Waals surface area contributed by atoms with E-state index in [0.29, 0.717) is 30.4 Å². The average molecular weight is 453 g/mol. The maximum atomic E-state index is 13.0. The zero-order valence-electron chi connectivity index (χ0n) is 17.7. The maximum absolute atomic E-state index is 13.0. The van der Waals surface area contributed by atoms with Crippen molar-refractivity contribution >= 4 is 21.6 Å². The van der Waals surface area contributed by atoms with E-state index in [1.165, 1.54) is 23.5 Å². The number of amides is 1. The van der Waals surface area contributed by atoms with Crippen LogP contribution in [-0.2, 0) is 16.6 Å². The lowest BCUT2D eigenvalue weighted by atomic mass is 10.2. The Labute approximate surface area is 187 Å². The summed E-state index contributed by atoms with van der Waals surface area (Å²) in [7, 11) is -2.24. The number of fused-ring (bicyclic) bond motifs is 1. The van der Waals surface area contributed by atoms with Gasteiger partial charge in [-0.25, -0.2) is 8.42 Å². The minimum atomic E-state index is -3.77. The highest BCUT2D eigenvalue weighted by atomic mass is 32.2. The van der Waals surface area contributed by atoms with E-state index in [0.717, 1.165) is 12.0 Å². The van der Waals surface area contributed by atoms with Gasteiger partial charge in [-0.1, -0.05) is 36.4 Å². The van der Waals surface area contributed by atoms with Crippen LogP contribution >= 0.6 is 0 Å². The molecule has 1 amide bonds. The standard InChI is InChI=1S/C24H24N2O5S/c1-26(17-18-7-3-2-4-8-18)32(28,29)21-10-5-9-19(15-21)24(27)25-20-11-12-22-23(16-20)31-14-6-13-30-22/h2-5,7-12,15-16H,6,13-14,17H2,1H3,(H,25,27). The molecule has 0 atom stereocenters. The molecule has 7 nitrogen and oxygen atoms in total. The summed E-state index contributed by atoms with van der Waals surface area (Å²) in [6, 6.07) is 20.5. The van der Waals surface area contributed by atoms with E-state index in [4.69, 9.17) is 9.47 Å². The number of carbonyl (C=O) groups excluding carboxylic acids is 1. The second kappa shape index (κ2) is 9.42. The summed E-state index contributed by atoms with van der Waals surface area (Å²) in [5.41, 5.74) is 1.65. The number of rotatable bonds is 6. The fourth-order valence-corrected chi connectivity index (χ4v) is 4.55. The van der Waals surface area contributed by atoms with Crippen molar-refractivity contribution in [2.75, 3.05) is 25.6 Å². The van der Waals surface area contributed by atoms with Crippen LogP contribution < -0.4 is 14.8 Å². The summed E-state index contributed by atoms with van der Waals surface area (Å²) >= 11 is 0. The first-order chi connectivity index (χ1) is 15.4. The summed E-state index contributed by atoms with van der Waals surface area (Å²) in [5, 5.41) is 2.79. The first-order valence-corrected chi connectivity index (χ1v) is 11.7. The third-order valence-corrected chi connectivity index (χ3v) is 6.86. The van der Waals surface area contributed by atoms with Crippen molar-refractivity contribution in [2.24, 2.45) is 0 Å². The van der Waals surface area contributed by atoms with E-state index in [1.807, 2.05) is 30.3 Å². The zero-order valence-corrected chi connectivity index (χ0v) is 18.5. The van der Waals surface area contributed by atoms with E-state index in [2.05, 4.69) is 5.32 Å². The van der Waals surface area contributed by atoms with Crippen LogP contribution in [0.25, 0.3) is 0 Å². The predicted molar refractivity (Wildman–Crippen MR) is 122 cm³/mol. The Kier molecular flexibility index (Phi) is 6.43. The molecule has 0 saturated carbocycles. The largest absolute Gasteiger partial charge is 0.490 e. The van der Waals surface area contributed by atoms with Crippen LogP contribution in [0.2, 0.25) is 0 Å². The van der Waals surface area contributed by atoms with Crippen molar-refractivity contribution in [3.63, 3.8) is 0 Å². The summed E-state index contributed by atoms with van der Waals surface area (Å²) in [5.74, 6) is 0.788. The third kappa shape index (κ3) is 4.92. The fraction of sp³-hybridized carbons (Fsp3) is 0.208. The van der Waals surface area contributed by atoms with Crippen molar-refractivity contribution < 1.29 is 22.7 Å². The number of anilines is 1. The van der Waals surface area contributed by atoms with Gasteiger partial charge in [0.15, 0.2) is 11.5 Å². The molecule has 0 radical (unpaired) electrons. The monoisotopic (exact) mass is 452 g/mol. The molecular weight excluding hydrogens is 428 g/mol. The second-order valence-corrected chi connectivity index (χ2v) is 9.49. The van der Waals surface area contributed by atoms with Crippen molar-refractivity contribution in [1.29, 1.82) is 0 Å². The number of carbonyl (C=O) groups is 1. The topological polar surface area (TPSA) is 84.9 Å². The molecule has 3 aromatic carbocycles. The molecule has 0 bridgehead atoms. The summed E-state index contributed by atoms with van der Waals surface area (Å²) in [4.78, 5) is 12.9. The number of benzene rings is 3. The lowest BCUT2D eigenvalue weighted by Crippen LogP contribution is -2.26.